The second-order valence-electron chi connectivity index (χ2n) is 4.73. The Hall–Kier alpha value is -1.66. The maximum atomic E-state index is 13.3. The summed E-state index contributed by atoms with van der Waals surface area (Å²) in [7, 11) is 0. The second kappa shape index (κ2) is 6.67. The number of phenols is 1. The standard InChI is InChI=1S/C14H19FN2O3/c1-2-20-14(19)12-8-16-5-6-17(12)9-10-3-4-13(18)11(15)7-10/h3-4,7,12,16,18H,2,5-6,8-9H2,1H3. The van der Waals surface area contributed by atoms with E-state index in [4.69, 9.17) is 4.74 Å². The highest BCUT2D eigenvalue weighted by atomic mass is 19.1. The Morgan fingerprint density at radius 3 is 3.10 bits per heavy atom. The molecule has 1 aliphatic heterocycles. The van der Waals surface area contributed by atoms with Crippen molar-refractivity contribution in [2.45, 2.75) is 19.5 Å². The van der Waals surface area contributed by atoms with Crippen molar-refractivity contribution >= 4 is 5.97 Å². The molecule has 20 heavy (non-hydrogen) atoms. The van der Waals surface area contributed by atoms with Crippen molar-refractivity contribution in [3.05, 3.63) is 29.6 Å². The summed E-state index contributed by atoms with van der Waals surface area (Å²) < 4.78 is 18.4. The number of aromatic hydroxyl groups is 1. The SMILES string of the molecule is CCOC(=O)C1CNCCN1Cc1ccc(O)c(F)c1. The van der Waals surface area contributed by atoms with Gasteiger partial charge < -0.3 is 15.2 Å². The third-order valence-corrected chi connectivity index (χ3v) is 3.31. The molecule has 0 radical (unpaired) electrons. The number of carbonyl (C=O) groups is 1. The van der Waals surface area contributed by atoms with Gasteiger partial charge in [-0.25, -0.2) is 4.39 Å². The molecule has 1 aromatic rings. The molecule has 1 atom stereocenters. The average Bonchev–Trinajstić information content (AvgIpc) is 2.44. The van der Waals surface area contributed by atoms with Crippen molar-refractivity contribution in [3.8, 4) is 5.75 Å². The van der Waals surface area contributed by atoms with Gasteiger partial charge in [-0.3, -0.25) is 9.69 Å². The highest BCUT2D eigenvalue weighted by Gasteiger charge is 2.29. The van der Waals surface area contributed by atoms with Crippen LogP contribution in [0.3, 0.4) is 0 Å². The van der Waals surface area contributed by atoms with Crippen molar-refractivity contribution in [2.24, 2.45) is 0 Å². The molecule has 0 aliphatic carbocycles. The maximum Gasteiger partial charge on any atom is 0.324 e. The smallest absolute Gasteiger partial charge is 0.324 e. The van der Waals surface area contributed by atoms with Crippen LogP contribution in [0, 0.1) is 5.82 Å². The summed E-state index contributed by atoms with van der Waals surface area (Å²) >= 11 is 0. The van der Waals surface area contributed by atoms with E-state index in [0.29, 0.717) is 26.2 Å². The highest BCUT2D eigenvalue weighted by molar-refractivity contribution is 5.76. The van der Waals surface area contributed by atoms with Crippen molar-refractivity contribution in [1.82, 2.24) is 10.2 Å². The molecule has 1 saturated heterocycles. The number of carbonyl (C=O) groups excluding carboxylic acids is 1. The molecule has 0 aromatic heterocycles. The third-order valence-electron chi connectivity index (χ3n) is 3.31. The van der Waals surface area contributed by atoms with Crippen LogP contribution in [0.4, 0.5) is 4.39 Å². The van der Waals surface area contributed by atoms with Crippen LogP contribution < -0.4 is 5.32 Å². The van der Waals surface area contributed by atoms with Gasteiger partial charge in [0.25, 0.3) is 0 Å². The molecule has 0 saturated carbocycles. The van der Waals surface area contributed by atoms with Crippen LogP contribution in [0.5, 0.6) is 5.75 Å². The number of hydrogen-bond acceptors (Lipinski definition) is 5. The number of esters is 1. The zero-order chi connectivity index (χ0) is 14.5. The topological polar surface area (TPSA) is 61.8 Å². The zero-order valence-electron chi connectivity index (χ0n) is 11.4. The quantitative estimate of drug-likeness (QED) is 0.802. The molecule has 1 heterocycles. The molecule has 2 rings (SSSR count). The van der Waals surface area contributed by atoms with Crippen LogP contribution in [0.15, 0.2) is 18.2 Å². The minimum Gasteiger partial charge on any atom is -0.505 e. The first-order chi connectivity index (χ1) is 9.61. The van der Waals surface area contributed by atoms with E-state index >= 15 is 0 Å². The normalized spacial score (nSPS) is 19.8. The van der Waals surface area contributed by atoms with Crippen LogP contribution in [0.2, 0.25) is 0 Å². The Bertz CT molecular complexity index is 481. The molecule has 1 unspecified atom stereocenters. The summed E-state index contributed by atoms with van der Waals surface area (Å²) in [6, 6.07) is 3.91. The molecular formula is C14H19FN2O3. The molecule has 0 bridgehead atoms. The molecular weight excluding hydrogens is 263 g/mol. The van der Waals surface area contributed by atoms with E-state index in [1.54, 1.807) is 13.0 Å². The summed E-state index contributed by atoms with van der Waals surface area (Å²) in [5, 5.41) is 12.3. The van der Waals surface area contributed by atoms with Gasteiger partial charge in [-0.2, -0.15) is 0 Å². The number of piperazine rings is 1. The van der Waals surface area contributed by atoms with Gasteiger partial charge in [0.05, 0.1) is 6.61 Å². The largest absolute Gasteiger partial charge is 0.505 e. The molecule has 5 nitrogen and oxygen atoms in total. The Labute approximate surface area is 117 Å². The minimum atomic E-state index is -0.648. The van der Waals surface area contributed by atoms with Gasteiger partial charge in [0.2, 0.25) is 0 Å². The fourth-order valence-electron chi connectivity index (χ4n) is 2.29. The van der Waals surface area contributed by atoms with E-state index < -0.39 is 5.82 Å². The van der Waals surface area contributed by atoms with Gasteiger partial charge >= 0.3 is 5.97 Å². The Morgan fingerprint density at radius 1 is 1.60 bits per heavy atom. The van der Waals surface area contributed by atoms with Crippen molar-refractivity contribution in [1.29, 1.82) is 0 Å². The van der Waals surface area contributed by atoms with E-state index in [9.17, 15) is 14.3 Å². The molecule has 0 amide bonds. The average molecular weight is 282 g/mol. The first kappa shape index (κ1) is 14.7. The van der Waals surface area contributed by atoms with E-state index in [0.717, 1.165) is 12.1 Å². The summed E-state index contributed by atoms with van der Waals surface area (Å²) in [6.07, 6.45) is 0. The number of halogens is 1. The third kappa shape index (κ3) is 3.46. The van der Waals surface area contributed by atoms with E-state index in [2.05, 4.69) is 5.32 Å². The number of nitrogens with one attached hydrogen (secondary N) is 1. The lowest BCUT2D eigenvalue weighted by atomic mass is 10.1. The number of benzene rings is 1. The monoisotopic (exact) mass is 282 g/mol. The molecule has 1 fully saturated rings. The minimum absolute atomic E-state index is 0.265. The number of ether oxygens (including phenoxy) is 1. The number of nitrogens with zero attached hydrogens (tertiary/aromatic N) is 1. The molecule has 1 aliphatic rings. The lowest BCUT2D eigenvalue weighted by Gasteiger charge is -2.34. The van der Waals surface area contributed by atoms with Gasteiger partial charge in [-0.15, -0.1) is 0 Å². The molecule has 2 N–H and O–H groups in total. The summed E-state index contributed by atoms with van der Waals surface area (Å²) in [5.74, 6) is -1.28. The fraction of sp³-hybridized carbons (Fsp3) is 0.500. The molecule has 1 aromatic carbocycles. The number of phenolic OH excluding ortho intramolecular Hbond substituents is 1. The van der Waals surface area contributed by atoms with E-state index in [1.807, 2.05) is 4.90 Å². The lowest BCUT2D eigenvalue weighted by Crippen LogP contribution is -2.54. The predicted octanol–water partition coefficient (Wildman–Crippen LogP) is 0.868. The summed E-state index contributed by atoms with van der Waals surface area (Å²) in [4.78, 5) is 13.9. The number of rotatable bonds is 4. The molecule has 110 valence electrons. The molecule has 6 heteroatoms. The van der Waals surface area contributed by atoms with Gasteiger partial charge in [0.15, 0.2) is 11.6 Å². The van der Waals surface area contributed by atoms with Crippen LogP contribution >= 0.6 is 0 Å². The van der Waals surface area contributed by atoms with Gasteiger partial charge in [0, 0.05) is 26.2 Å². The molecule has 0 spiro atoms. The van der Waals surface area contributed by atoms with Crippen molar-refractivity contribution in [3.63, 3.8) is 0 Å². The van der Waals surface area contributed by atoms with Gasteiger partial charge in [0.1, 0.15) is 6.04 Å². The van der Waals surface area contributed by atoms with Crippen LogP contribution in [-0.2, 0) is 16.1 Å². The van der Waals surface area contributed by atoms with Crippen molar-refractivity contribution < 1.29 is 19.0 Å². The summed E-state index contributed by atoms with van der Waals surface area (Å²) in [6.45, 7) is 4.55. The van der Waals surface area contributed by atoms with E-state index in [1.165, 1.54) is 12.1 Å². The van der Waals surface area contributed by atoms with Crippen molar-refractivity contribution in [2.75, 3.05) is 26.2 Å². The second-order valence-corrected chi connectivity index (χ2v) is 4.73. The van der Waals surface area contributed by atoms with Crippen LogP contribution in [0.25, 0.3) is 0 Å². The predicted molar refractivity (Wildman–Crippen MR) is 71.8 cm³/mol. The Kier molecular flexibility index (Phi) is 4.92. The van der Waals surface area contributed by atoms with Gasteiger partial charge in [-0.1, -0.05) is 6.07 Å². The lowest BCUT2D eigenvalue weighted by molar-refractivity contribution is -0.150. The first-order valence-corrected chi connectivity index (χ1v) is 6.70. The Morgan fingerprint density at radius 2 is 2.40 bits per heavy atom. The summed E-state index contributed by atoms with van der Waals surface area (Å²) in [5.41, 5.74) is 0.719. The van der Waals surface area contributed by atoms with E-state index in [-0.39, 0.29) is 17.8 Å². The van der Waals surface area contributed by atoms with Crippen LogP contribution in [0.1, 0.15) is 12.5 Å². The van der Waals surface area contributed by atoms with Crippen LogP contribution in [-0.4, -0.2) is 48.3 Å². The fourth-order valence-corrected chi connectivity index (χ4v) is 2.29. The zero-order valence-corrected chi connectivity index (χ0v) is 11.4. The van der Waals surface area contributed by atoms with Gasteiger partial charge in [-0.05, 0) is 24.6 Å². The Balaban J connectivity index is 2.08. The number of hydrogen-bond donors (Lipinski definition) is 2. The maximum absolute atomic E-state index is 13.3. The highest BCUT2D eigenvalue weighted by Crippen LogP contribution is 2.18. The first-order valence-electron chi connectivity index (χ1n) is 6.70.